The lowest BCUT2D eigenvalue weighted by Gasteiger charge is -2.19. The highest BCUT2D eigenvalue weighted by Gasteiger charge is 2.28. The highest BCUT2D eigenvalue weighted by atomic mass is 32.1. The number of rotatable bonds is 5. The number of hydrogen-bond donors (Lipinski definition) is 1. The Hall–Kier alpha value is -2.86. The van der Waals surface area contributed by atoms with Crippen molar-refractivity contribution in [2.24, 2.45) is 4.99 Å². The molecule has 0 bridgehead atoms. The van der Waals surface area contributed by atoms with E-state index >= 15 is 0 Å². The normalized spacial score (nSPS) is 16.2. The maximum Gasteiger partial charge on any atom is 0.262 e. The van der Waals surface area contributed by atoms with E-state index in [1.54, 1.807) is 11.3 Å². The van der Waals surface area contributed by atoms with Gasteiger partial charge >= 0.3 is 0 Å². The lowest BCUT2D eigenvalue weighted by atomic mass is 10.0. The number of fused-ring (bicyclic) bond motifs is 1. The number of nitrogens with one attached hydrogen (secondary N) is 1. The molecule has 1 fully saturated rings. The number of aryl methyl sites for hydroxylation is 2. The second kappa shape index (κ2) is 7.76. The molecule has 0 unspecified atom stereocenters. The molecule has 1 saturated carbocycles. The molecule has 0 saturated heterocycles. The summed E-state index contributed by atoms with van der Waals surface area (Å²) in [5.41, 5.74) is 6.66. The number of benzene rings is 2. The average molecular weight is 420 g/mol. The van der Waals surface area contributed by atoms with Crippen molar-refractivity contribution in [2.45, 2.75) is 45.6 Å². The number of ether oxygens (including phenoxy) is 1. The smallest absolute Gasteiger partial charge is 0.262 e. The molecule has 5 nitrogen and oxygen atoms in total. The standard InChI is InChI=1S/C24H25N3O2S/c1-3-15-6-5-7-16(4-2)23(15)26-24-27(18-9-10-18)20(14-30-24)17-8-11-21-19(12-17)25-22(28)13-29-21/h5-8,11-12,14,18H,3-4,9-10,13H2,1-2H3,(H,25,28). The first kappa shape index (κ1) is 19.1. The van der Waals surface area contributed by atoms with E-state index in [9.17, 15) is 4.79 Å². The largest absolute Gasteiger partial charge is 0.482 e. The average Bonchev–Trinajstić information content (AvgIpc) is 3.53. The van der Waals surface area contributed by atoms with Gasteiger partial charge in [0.05, 0.1) is 17.1 Å². The van der Waals surface area contributed by atoms with Gasteiger partial charge in [-0.2, -0.15) is 0 Å². The van der Waals surface area contributed by atoms with Crippen LogP contribution in [0.3, 0.4) is 0 Å². The minimum Gasteiger partial charge on any atom is -0.482 e. The van der Waals surface area contributed by atoms with Gasteiger partial charge in [-0.3, -0.25) is 4.79 Å². The summed E-state index contributed by atoms with van der Waals surface area (Å²) in [5, 5.41) is 5.10. The molecule has 1 aliphatic heterocycles. The second-order valence-electron chi connectivity index (χ2n) is 7.80. The summed E-state index contributed by atoms with van der Waals surface area (Å²) in [6.45, 7) is 4.45. The fourth-order valence-corrected chi connectivity index (χ4v) is 4.97. The third kappa shape index (κ3) is 3.45. The third-order valence-electron chi connectivity index (χ3n) is 5.73. The Balaban J connectivity index is 1.64. The first-order valence-corrected chi connectivity index (χ1v) is 11.5. The van der Waals surface area contributed by atoms with Crippen molar-refractivity contribution < 1.29 is 9.53 Å². The van der Waals surface area contributed by atoms with Gasteiger partial charge in [0.1, 0.15) is 5.75 Å². The van der Waals surface area contributed by atoms with Gasteiger partial charge in [-0.05, 0) is 55.0 Å². The number of thiazole rings is 1. The van der Waals surface area contributed by atoms with E-state index in [4.69, 9.17) is 9.73 Å². The summed E-state index contributed by atoms with van der Waals surface area (Å²) < 4.78 is 7.90. The van der Waals surface area contributed by atoms with Crippen molar-refractivity contribution >= 4 is 28.6 Å². The van der Waals surface area contributed by atoms with Crippen LogP contribution in [-0.4, -0.2) is 17.1 Å². The van der Waals surface area contributed by atoms with Crippen LogP contribution in [0, 0.1) is 0 Å². The summed E-state index contributed by atoms with van der Waals surface area (Å²) in [6.07, 6.45) is 4.30. The van der Waals surface area contributed by atoms with E-state index in [1.165, 1.54) is 24.0 Å². The Morgan fingerprint density at radius 2 is 1.93 bits per heavy atom. The molecule has 30 heavy (non-hydrogen) atoms. The Kier molecular flexibility index (Phi) is 4.95. The SMILES string of the molecule is CCc1cccc(CC)c1N=c1scc(-c2ccc3c(c2)NC(=O)CO3)n1C1CC1. The third-order valence-corrected chi connectivity index (χ3v) is 6.57. The zero-order valence-electron chi connectivity index (χ0n) is 17.3. The van der Waals surface area contributed by atoms with Gasteiger partial charge in [0.15, 0.2) is 11.4 Å². The van der Waals surface area contributed by atoms with E-state index in [-0.39, 0.29) is 12.5 Å². The molecule has 3 aromatic rings. The van der Waals surface area contributed by atoms with Gasteiger partial charge < -0.3 is 14.6 Å². The van der Waals surface area contributed by atoms with Crippen LogP contribution in [0.1, 0.15) is 43.9 Å². The molecule has 2 aromatic carbocycles. The molecular weight excluding hydrogens is 394 g/mol. The van der Waals surface area contributed by atoms with Gasteiger partial charge in [-0.25, -0.2) is 4.99 Å². The summed E-state index contributed by atoms with van der Waals surface area (Å²) >= 11 is 1.69. The van der Waals surface area contributed by atoms with E-state index in [1.807, 2.05) is 12.1 Å². The van der Waals surface area contributed by atoms with Crippen molar-refractivity contribution in [2.75, 3.05) is 11.9 Å². The Morgan fingerprint density at radius 1 is 1.17 bits per heavy atom. The van der Waals surface area contributed by atoms with Gasteiger partial charge in [0.25, 0.3) is 5.91 Å². The van der Waals surface area contributed by atoms with Crippen LogP contribution in [0.25, 0.3) is 11.3 Å². The van der Waals surface area contributed by atoms with Crippen LogP contribution in [-0.2, 0) is 17.6 Å². The fraction of sp³-hybridized carbons (Fsp3) is 0.333. The quantitative estimate of drug-likeness (QED) is 0.615. The van der Waals surface area contributed by atoms with E-state index in [0.717, 1.165) is 46.0 Å². The Bertz CT molecular complexity index is 1170. The van der Waals surface area contributed by atoms with Gasteiger partial charge in [0.2, 0.25) is 0 Å². The molecule has 0 spiro atoms. The van der Waals surface area contributed by atoms with Crippen LogP contribution in [0.2, 0.25) is 0 Å². The topological polar surface area (TPSA) is 55.6 Å². The van der Waals surface area contributed by atoms with Crippen LogP contribution >= 0.6 is 11.3 Å². The molecule has 2 heterocycles. The van der Waals surface area contributed by atoms with Crippen molar-refractivity contribution in [3.05, 3.63) is 57.7 Å². The van der Waals surface area contributed by atoms with Gasteiger partial charge in [0, 0.05) is 17.0 Å². The Morgan fingerprint density at radius 3 is 2.63 bits per heavy atom. The van der Waals surface area contributed by atoms with Crippen LogP contribution in [0.4, 0.5) is 11.4 Å². The predicted octanol–water partition coefficient (Wildman–Crippen LogP) is 5.24. The molecule has 0 radical (unpaired) electrons. The minimum absolute atomic E-state index is 0.0759. The zero-order valence-corrected chi connectivity index (χ0v) is 18.1. The molecule has 154 valence electrons. The monoisotopic (exact) mass is 419 g/mol. The number of hydrogen-bond acceptors (Lipinski definition) is 4. The maximum atomic E-state index is 11.7. The number of anilines is 1. The molecule has 1 aromatic heterocycles. The molecule has 1 N–H and O–H groups in total. The summed E-state index contributed by atoms with van der Waals surface area (Å²) in [6, 6.07) is 13.0. The van der Waals surface area contributed by atoms with Gasteiger partial charge in [-0.1, -0.05) is 32.0 Å². The number of para-hydroxylation sites is 1. The van der Waals surface area contributed by atoms with E-state index < -0.39 is 0 Å². The van der Waals surface area contributed by atoms with Crippen molar-refractivity contribution in [3.8, 4) is 17.0 Å². The maximum absolute atomic E-state index is 11.7. The number of amides is 1. The van der Waals surface area contributed by atoms with Crippen molar-refractivity contribution in [1.82, 2.24) is 4.57 Å². The minimum atomic E-state index is -0.112. The molecule has 5 rings (SSSR count). The predicted molar refractivity (Wildman–Crippen MR) is 121 cm³/mol. The molecule has 0 atom stereocenters. The van der Waals surface area contributed by atoms with E-state index in [2.05, 4.69) is 53.4 Å². The van der Waals surface area contributed by atoms with Crippen molar-refractivity contribution in [3.63, 3.8) is 0 Å². The number of nitrogens with zero attached hydrogens (tertiary/aromatic N) is 2. The lowest BCUT2D eigenvalue weighted by Crippen LogP contribution is -2.25. The van der Waals surface area contributed by atoms with Crippen LogP contribution in [0.5, 0.6) is 5.75 Å². The second-order valence-corrected chi connectivity index (χ2v) is 8.63. The van der Waals surface area contributed by atoms with E-state index in [0.29, 0.717) is 6.04 Å². The number of aromatic nitrogens is 1. The molecule has 1 aliphatic carbocycles. The van der Waals surface area contributed by atoms with Crippen molar-refractivity contribution in [1.29, 1.82) is 0 Å². The summed E-state index contributed by atoms with van der Waals surface area (Å²) in [7, 11) is 0. The lowest BCUT2D eigenvalue weighted by molar-refractivity contribution is -0.118. The first-order valence-electron chi connectivity index (χ1n) is 10.6. The Labute approximate surface area is 180 Å². The number of carbonyl (C=O) groups is 1. The summed E-state index contributed by atoms with van der Waals surface area (Å²) in [5.74, 6) is 0.611. The molecule has 2 aliphatic rings. The molecule has 1 amide bonds. The zero-order chi connectivity index (χ0) is 20.7. The number of carbonyl (C=O) groups excluding carboxylic acids is 1. The molecular formula is C24H25N3O2S. The van der Waals surface area contributed by atoms with Crippen LogP contribution < -0.4 is 14.9 Å². The highest BCUT2D eigenvalue weighted by Crippen LogP contribution is 2.40. The highest BCUT2D eigenvalue weighted by molar-refractivity contribution is 7.07. The van der Waals surface area contributed by atoms with Crippen LogP contribution in [0.15, 0.2) is 46.8 Å². The fourth-order valence-electron chi connectivity index (χ4n) is 3.99. The van der Waals surface area contributed by atoms with Gasteiger partial charge in [-0.15, -0.1) is 11.3 Å². The summed E-state index contributed by atoms with van der Waals surface area (Å²) in [4.78, 5) is 18.0. The first-order chi connectivity index (χ1) is 14.7. The molecule has 6 heteroatoms.